The predicted molar refractivity (Wildman–Crippen MR) is 164 cm³/mol. The molecule has 2 aromatic carbocycles. The van der Waals surface area contributed by atoms with Crippen molar-refractivity contribution in [3.8, 4) is 22.4 Å². The van der Waals surface area contributed by atoms with Crippen LogP contribution in [-0.2, 0) is 27.2 Å². The van der Waals surface area contributed by atoms with Gasteiger partial charge in [-0.05, 0) is 60.6 Å². The van der Waals surface area contributed by atoms with Crippen molar-refractivity contribution in [3.05, 3.63) is 82.1 Å². The van der Waals surface area contributed by atoms with Crippen molar-refractivity contribution < 1.29 is 23.9 Å². The van der Waals surface area contributed by atoms with Gasteiger partial charge in [0.1, 0.15) is 11.5 Å². The highest BCUT2D eigenvalue weighted by Crippen LogP contribution is 2.42. The number of rotatable bonds is 9. The van der Waals surface area contributed by atoms with E-state index < -0.39 is 17.0 Å². The molecule has 1 saturated carbocycles. The van der Waals surface area contributed by atoms with E-state index in [1.54, 1.807) is 31.4 Å². The van der Waals surface area contributed by atoms with Crippen molar-refractivity contribution in [1.82, 2.24) is 9.97 Å². The molecule has 4 aromatic rings. The van der Waals surface area contributed by atoms with Crippen molar-refractivity contribution in [2.75, 3.05) is 16.8 Å². The van der Waals surface area contributed by atoms with E-state index in [0.717, 1.165) is 40.9 Å². The number of benzene rings is 2. The molecule has 6 rings (SSSR count). The fourth-order valence-corrected chi connectivity index (χ4v) is 6.56. The Morgan fingerprint density at radius 1 is 1.14 bits per heavy atom. The van der Waals surface area contributed by atoms with E-state index in [2.05, 4.69) is 9.97 Å². The zero-order valence-corrected chi connectivity index (χ0v) is 24.9. The minimum Gasteiger partial charge on any atom is -0.481 e. The average Bonchev–Trinajstić information content (AvgIpc) is 3.75. The molecule has 1 fully saturated rings. The molecule has 2 aromatic heterocycles. The number of carbonyl (C=O) groups is 3. The summed E-state index contributed by atoms with van der Waals surface area (Å²) in [6, 6.07) is 16.2. The first-order chi connectivity index (χ1) is 20.7. The maximum absolute atomic E-state index is 15.8. The molecule has 43 heavy (non-hydrogen) atoms. The number of amides is 2. The van der Waals surface area contributed by atoms with Crippen LogP contribution >= 0.6 is 22.9 Å². The highest BCUT2D eigenvalue weighted by molar-refractivity contribution is 7.14. The predicted octanol–water partition coefficient (Wildman–Crippen LogP) is 6.40. The molecule has 1 N–H and O–H groups in total. The summed E-state index contributed by atoms with van der Waals surface area (Å²) in [5.74, 6) is -1.68. The normalized spacial score (nSPS) is 15.2. The van der Waals surface area contributed by atoms with Crippen LogP contribution in [0.25, 0.3) is 22.4 Å². The molecule has 1 unspecified atom stereocenters. The highest BCUT2D eigenvalue weighted by Gasteiger charge is 2.40. The van der Waals surface area contributed by atoms with E-state index in [1.165, 1.54) is 9.80 Å². The van der Waals surface area contributed by atoms with Gasteiger partial charge >= 0.3 is 5.97 Å². The monoisotopic (exact) mass is 618 g/mol. The third-order valence-electron chi connectivity index (χ3n) is 7.82. The second-order valence-corrected chi connectivity index (χ2v) is 12.3. The minimum atomic E-state index is -1.08. The van der Waals surface area contributed by atoms with Gasteiger partial charge in [-0.15, -0.1) is 0 Å². The summed E-state index contributed by atoms with van der Waals surface area (Å²) >= 11 is 7.14. The smallest absolute Gasteiger partial charge is 0.304 e. The molecule has 3 heterocycles. The maximum atomic E-state index is 15.8. The average molecular weight is 619 g/mol. The Hall–Kier alpha value is -4.15. The van der Waals surface area contributed by atoms with Crippen LogP contribution in [0, 0.1) is 11.0 Å². The zero-order chi connectivity index (χ0) is 30.2. The van der Waals surface area contributed by atoms with Gasteiger partial charge < -0.3 is 5.11 Å². The second kappa shape index (κ2) is 11.9. The molecule has 0 saturated heterocycles. The van der Waals surface area contributed by atoms with Crippen LogP contribution in [0.5, 0.6) is 0 Å². The standard InChI is InChI=1S/C32H28ClFN4O4S/c1-37-26(39)12-7-19-14-21(17-35-30(19)37)24-11-8-22(33)16-25(24)28-29(34)43-32(36-28)38(23-9-10-23)31(42)20(15-27(40)41)13-18-5-3-2-4-6-18/h2-6,8,11,14,16-17,20,23H,7,9-10,12-13,15H2,1H3,(H,40,41). The van der Waals surface area contributed by atoms with Crippen LogP contribution in [0.3, 0.4) is 0 Å². The van der Waals surface area contributed by atoms with Gasteiger partial charge in [0.05, 0.1) is 12.3 Å². The first-order valence-corrected chi connectivity index (χ1v) is 15.2. The molecule has 0 spiro atoms. The SMILES string of the molecule is CN1C(=O)CCc2cc(-c3ccc(Cl)cc3-c3nc(N(C(=O)C(CC(=O)O)Cc4ccccc4)C4CC4)sc3F)cnc21. The Bertz CT molecular complexity index is 1730. The Balaban J connectivity index is 1.37. The number of anilines is 2. The number of aliphatic carboxylic acids is 1. The number of thiazole rings is 1. The van der Waals surface area contributed by atoms with Crippen LogP contribution in [0.1, 0.15) is 36.8 Å². The number of fused-ring (bicyclic) bond motifs is 1. The molecule has 1 aliphatic carbocycles. The number of hydrogen-bond acceptors (Lipinski definition) is 6. The molecular formula is C32H28ClFN4O4S. The van der Waals surface area contributed by atoms with Crippen molar-refractivity contribution in [2.45, 2.75) is 44.6 Å². The van der Waals surface area contributed by atoms with Crippen LogP contribution < -0.4 is 9.80 Å². The van der Waals surface area contributed by atoms with Gasteiger partial charge in [0, 0.05) is 41.9 Å². The van der Waals surface area contributed by atoms with Gasteiger partial charge in [-0.3, -0.25) is 24.2 Å². The lowest BCUT2D eigenvalue weighted by molar-refractivity contribution is -0.140. The van der Waals surface area contributed by atoms with Gasteiger partial charge in [-0.1, -0.05) is 59.3 Å². The summed E-state index contributed by atoms with van der Waals surface area (Å²) in [6.45, 7) is 0. The zero-order valence-electron chi connectivity index (χ0n) is 23.3. The van der Waals surface area contributed by atoms with Gasteiger partial charge in [-0.25, -0.2) is 9.97 Å². The first-order valence-electron chi connectivity index (χ1n) is 14.0. The number of halogens is 2. The molecule has 220 valence electrons. The Morgan fingerprint density at radius 2 is 1.91 bits per heavy atom. The highest BCUT2D eigenvalue weighted by atomic mass is 35.5. The number of aryl methyl sites for hydroxylation is 1. The maximum Gasteiger partial charge on any atom is 0.304 e. The lowest BCUT2D eigenvalue weighted by Crippen LogP contribution is -2.39. The minimum absolute atomic E-state index is 0.00105. The van der Waals surface area contributed by atoms with Crippen molar-refractivity contribution in [1.29, 1.82) is 0 Å². The summed E-state index contributed by atoms with van der Waals surface area (Å²) in [5, 5.41) is 9.61. The van der Waals surface area contributed by atoms with Crippen LogP contribution in [0.15, 0.2) is 60.8 Å². The number of hydrogen-bond donors (Lipinski definition) is 1. The topological polar surface area (TPSA) is 104 Å². The summed E-state index contributed by atoms with van der Waals surface area (Å²) < 4.78 is 15.8. The molecule has 8 nitrogen and oxygen atoms in total. The quantitative estimate of drug-likeness (QED) is 0.233. The van der Waals surface area contributed by atoms with Gasteiger partial charge in [0.2, 0.25) is 16.9 Å². The summed E-state index contributed by atoms with van der Waals surface area (Å²) in [4.78, 5) is 50.0. The molecule has 1 aliphatic heterocycles. The number of nitrogens with zero attached hydrogens (tertiary/aromatic N) is 4. The third-order valence-corrected chi connectivity index (χ3v) is 8.89. The lowest BCUT2D eigenvalue weighted by atomic mass is 9.94. The number of carboxylic acids is 1. The van der Waals surface area contributed by atoms with Gasteiger partial charge in [0.25, 0.3) is 0 Å². The van der Waals surface area contributed by atoms with E-state index in [-0.39, 0.29) is 41.5 Å². The Kier molecular flexibility index (Phi) is 7.98. The molecule has 0 radical (unpaired) electrons. The van der Waals surface area contributed by atoms with Crippen LogP contribution in [-0.4, -0.2) is 45.9 Å². The van der Waals surface area contributed by atoms with Crippen LogP contribution in [0.4, 0.5) is 15.3 Å². The Labute approximate surface area is 256 Å². The summed E-state index contributed by atoms with van der Waals surface area (Å²) in [6.07, 6.45) is 3.94. The fraction of sp³-hybridized carbons (Fsp3) is 0.281. The lowest BCUT2D eigenvalue weighted by Gasteiger charge is -2.25. The molecule has 2 aliphatic rings. The molecular weight excluding hydrogens is 591 g/mol. The fourth-order valence-electron chi connectivity index (χ4n) is 5.50. The number of pyridine rings is 1. The largest absolute Gasteiger partial charge is 0.481 e. The number of aromatic nitrogens is 2. The van der Waals surface area contributed by atoms with Gasteiger partial charge in [0.15, 0.2) is 5.13 Å². The summed E-state index contributed by atoms with van der Waals surface area (Å²) in [7, 11) is 1.70. The first kappa shape index (κ1) is 28.9. The third kappa shape index (κ3) is 6.03. The van der Waals surface area contributed by atoms with E-state index in [9.17, 15) is 19.5 Å². The van der Waals surface area contributed by atoms with Gasteiger partial charge in [-0.2, -0.15) is 4.39 Å². The van der Waals surface area contributed by atoms with E-state index in [0.29, 0.717) is 34.8 Å². The van der Waals surface area contributed by atoms with Crippen molar-refractivity contribution >= 4 is 51.7 Å². The number of carbonyl (C=O) groups excluding carboxylic acids is 2. The van der Waals surface area contributed by atoms with Crippen molar-refractivity contribution in [2.24, 2.45) is 5.92 Å². The van der Waals surface area contributed by atoms with E-state index in [1.807, 2.05) is 36.4 Å². The number of carboxylic acid groups (broad SMARTS) is 1. The van der Waals surface area contributed by atoms with E-state index >= 15 is 4.39 Å². The summed E-state index contributed by atoms with van der Waals surface area (Å²) in [5.41, 5.74) is 3.65. The van der Waals surface area contributed by atoms with Crippen molar-refractivity contribution in [3.63, 3.8) is 0 Å². The molecule has 1 atom stereocenters. The molecule has 0 bridgehead atoms. The molecule has 11 heteroatoms. The molecule has 2 amide bonds. The van der Waals surface area contributed by atoms with E-state index in [4.69, 9.17) is 11.6 Å². The van der Waals surface area contributed by atoms with Crippen LogP contribution in [0.2, 0.25) is 5.02 Å². The second-order valence-electron chi connectivity index (χ2n) is 10.9. The Morgan fingerprint density at radius 3 is 2.63 bits per heavy atom.